The maximum Gasteiger partial charge on any atom is 0.342 e. The van der Waals surface area contributed by atoms with Gasteiger partial charge in [0.05, 0.1) is 12.2 Å². The summed E-state index contributed by atoms with van der Waals surface area (Å²) >= 11 is 0. The summed E-state index contributed by atoms with van der Waals surface area (Å²) in [5.74, 6) is -1.12. The molecule has 0 saturated carbocycles. The van der Waals surface area contributed by atoms with Crippen molar-refractivity contribution in [3.05, 3.63) is 23.3 Å². The number of rotatable bonds is 2. The number of esters is 1. The highest BCUT2D eigenvalue weighted by molar-refractivity contribution is 5.95. The number of phenols is 2. The smallest absolute Gasteiger partial charge is 0.342 e. The Morgan fingerprint density at radius 3 is 2.73 bits per heavy atom. The first-order valence-electron chi connectivity index (χ1n) is 7.55. The van der Waals surface area contributed by atoms with Gasteiger partial charge in [0.25, 0.3) is 0 Å². The molecule has 0 radical (unpaired) electrons. The number of aliphatic hydroxyl groups is 1. The Balaban J connectivity index is 1.81. The summed E-state index contributed by atoms with van der Waals surface area (Å²) in [6.45, 7) is 1.96. The Hall–Kier alpha value is -1.79. The van der Waals surface area contributed by atoms with Gasteiger partial charge in [0.1, 0.15) is 29.3 Å². The van der Waals surface area contributed by atoms with Crippen LogP contribution in [0.15, 0.2) is 12.1 Å². The number of carbonyl (C=O) groups is 1. The fourth-order valence-corrected chi connectivity index (χ4v) is 3.24. The number of cyclic esters (lactones) is 1. The van der Waals surface area contributed by atoms with Gasteiger partial charge in [-0.2, -0.15) is 0 Å². The number of aromatic hydroxyl groups is 2. The van der Waals surface area contributed by atoms with Gasteiger partial charge in [0.2, 0.25) is 0 Å². The van der Waals surface area contributed by atoms with Crippen molar-refractivity contribution in [3.63, 3.8) is 0 Å². The second kappa shape index (κ2) is 5.78. The van der Waals surface area contributed by atoms with E-state index in [0.29, 0.717) is 5.56 Å². The fourth-order valence-electron chi connectivity index (χ4n) is 3.24. The first kappa shape index (κ1) is 15.1. The molecule has 2 aliphatic heterocycles. The summed E-state index contributed by atoms with van der Waals surface area (Å²) in [6.07, 6.45) is 0.916. The van der Waals surface area contributed by atoms with E-state index >= 15 is 0 Å². The van der Waals surface area contributed by atoms with Crippen molar-refractivity contribution in [1.29, 1.82) is 0 Å². The summed E-state index contributed by atoms with van der Waals surface area (Å²) in [7, 11) is 0. The fraction of sp³-hybridized carbons (Fsp3) is 0.562. The molecule has 0 amide bonds. The summed E-state index contributed by atoms with van der Waals surface area (Å²) in [4.78, 5) is 12.1. The lowest BCUT2D eigenvalue weighted by Crippen LogP contribution is -2.47. The number of carbonyl (C=O) groups excluding carboxylic acids is 1. The lowest BCUT2D eigenvalue weighted by Gasteiger charge is -2.36. The quantitative estimate of drug-likeness (QED) is 0.717. The topological polar surface area (TPSA) is 96.2 Å². The molecule has 0 spiro atoms. The van der Waals surface area contributed by atoms with Crippen LogP contribution < -0.4 is 0 Å². The largest absolute Gasteiger partial charge is 0.508 e. The molecular weight excluding hydrogens is 288 g/mol. The predicted molar refractivity (Wildman–Crippen MR) is 76.9 cm³/mol. The van der Waals surface area contributed by atoms with Crippen LogP contribution >= 0.6 is 0 Å². The van der Waals surface area contributed by atoms with Crippen LogP contribution in [0, 0.1) is 0 Å². The minimum Gasteiger partial charge on any atom is -0.508 e. The summed E-state index contributed by atoms with van der Waals surface area (Å²) in [5, 5.41) is 29.8. The molecule has 2 aliphatic rings. The first-order valence-corrected chi connectivity index (χ1v) is 7.55. The van der Waals surface area contributed by atoms with Gasteiger partial charge in [-0.1, -0.05) is 0 Å². The third-order valence-electron chi connectivity index (χ3n) is 4.34. The molecule has 1 aromatic rings. The number of benzene rings is 1. The SMILES string of the molecule is C[C@H]1CCC[C@H]([C@@H](O)[C@H]2Cc3cc(O)cc(O)c3C(=O)O2)O1. The molecule has 3 rings (SSSR count). The monoisotopic (exact) mass is 308 g/mol. The van der Waals surface area contributed by atoms with Crippen molar-refractivity contribution < 1.29 is 29.6 Å². The molecule has 0 aromatic heterocycles. The molecule has 120 valence electrons. The molecule has 0 bridgehead atoms. The molecule has 22 heavy (non-hydrogen) atoms. The van der Waals surface area contributed by atoms with E-state index in [9.17, 15) is 20.1 Å². The standard InChI is InChI=1S/C16H20O6/c1-8-3-2-4-12(21-8)15(19)13-6-9-5-10(17)7-11(18)14(9)16(20)22-13/h5,7-8,12-13,15,17-19H,2-4,6H2,1H3/t8-,12+,13+,15+/m0/s1. The number of fused-ring (bicyclic) bond motifs is 1. The molecule has 1 fully saturated rings. The van der Waals surface area contributed by atoms with E-state index in [1.807, 2.05) is 6.92 Å². The van der Waals surface area contributed by atoms with Crippen molar-refractivity contribution >= 4 is 5.97 Å². The van der Waals surface area contributed by atoms with Gasteiger partial charge in [-0.15, -0.1) is 0 Å². The van der Waals surface area contributed by atoms with Gasteiger partial charge in [0, 0.05) is 12.5 Å². The third kappa shape index (κ3) is 2.76. The second-order valence-corrected chi connectivity index (χ2v) is 6.05. The van der Waals surface area contributed by atoms with Crippen molar-refractivity contribution in [2.45, 2.75) is 57.0 Å². The van der Waals surface area contributed by atoms with Crippen LogP contribution in [0.2, 0.25) is 0 Å². The van der Waals surface area contributed by atoms with Crippen LogP contribution in [0.4, 0.5) is 0 Å². The molecule has 2 heterocycles. The molecule has 1 aromatic carbocycles. The Labute approximate surface area is 128 Å². The average molecular weight is 308 g/mol. The zero-order valence-electron chi connectivity index (χ0n) is 12.4. The summed E-state index contributed by atoms with van der Waals surface area (Å²) in [5.41, 5.74) is 0.529. The average Bonchev–Trinajstić information content (AvgIpc) is 2.45. The molecular formula is C16H20O6. The number of hydrogen-bond acceptors (Lipinski definition) is 6. The highest BCUT2D eigenvalue weighted by Gasteiger charge is 2.38. The van der Waals surface area contributed by atoms with Crippen LogP contribution in [0.1, 0.15) is 42.1 Å². The normalized spacial score (nSPS) is 29.5. The van der Waals surface area contributed by atoms with Crippen LogP contribution in [-0.2, 0) is 15.9 Å². The minimum absolute atomic E-state index is 0.0548. The van der Waals surface area contributed by atoms with E-state index < -0.39 is 18.2 Å². The Bertz CT molecular complexity index is 584. The van der Waals surface area contributed by atoms with Gasteiger partial charge < -0.3 is 24.8 Å². The van der Waals surface area contributed by atoms with E-state index in [1.165, 1.54) is 6.07 Å². The van der Waals surface area contributed by atoms with E-state index in [0.717, 1.165) is 25.3 Å². The molecule has 4 atom stereocenters. The molecule has 0 unspecified atom stereocenters. The molecule has 6 nitrogen and oxygen atoms in total. The lowest BCUT2D eigenvalue weighted by atomic mass is 9.90. The molecule has 3 N–H and O–H groups in total. The summed E-state index contributed by atoms with van der Waals surface area (Å²) < 4.78 is 11.0. The van der Waals surface area contributed by atoms with E-state index in [4.69, 9.17) is 9.47 Å². The Morgan fingerprint density at radius 1 is 1.23 bits per heavy atom. The summed E-state index contributed by atoms with van der Waals surface area (Å²) in [6, 6.07) is 2.52. The van der Waals surface area contributed by atoms with E-state index in [-0.39, 0.29) is 35.7 Å². The van der Waals surface area contributed by atoms with Crippen LogP contribution in [0.3, 0.4) is 0 Å². The maximum atomic E-state index is 12.1. The molecule has 1 saturated heterocycles. The zero-order valence-corrected chi connectivity index (χ0v) is 12.4. The van der Waals surface area contributed by atoms with Crippen molar-refractivity contribution in [2.24, 2.45) is 0 Å². The Morgan fingerprint density at radius 2 is 2.00 bits per heavy atom. The minimum atomic E-state index is -0.927. The van der Waals surface area contributed by atoms with Crippen molar-refractivity contribution in [1.82, 2.24) is 0 Å². The molecule has 6 heteroatoms. The van der Waals surface area contributed by atoms with Gasteiger partial charge in [-0.25, -0.2) is 4.79 Å². The number of aliphatic hydroxyl groups excluding tert-OH is 1. The number of hydrogen-bond donors (Lipinski definition) is 3. The zero-order chi connectivity index (χ0) is 15.9. The van der Waals surface area contributed by atoms with Crippen LogP contribution in [-0.4, -0.2) is 45.7 Å². The van der Waals surface area contributed by atoms with Gasteiger partial charge >= 0.3 is 5.97 Å². The first-order chi connectivity index (χ1) is 10.5. The second-order valence-electron chi connectivity index (χ2n) is 6.05. The van der Waals surface area contributed by atoms with Gasteiger partial charge in [0.15, 0.2) is 0 Å². The number of ether oxygens (including phenoxy) is 2. The van der Waals surface area contributed by atoms with Gasteiger partial charge in [-0.3, -0.25) is 0 Å². The lowest BCUT2D eigenvalue weighted by molar-refractivity contribution is -0.134. The van der Waals surface area contributed by atoms with E-state index in [2.05, 4.69) is 0 Å². The van der Waals surface area contributed by atoms with Crippen LogP contribution in [0.25, 0.3) is 0 Å². The maximum absolute atomic E-state index is 12.1. The van der Waals surface area contributed by atoms with Crippen molar-refractivity contribution in [3.8, 4) is 11.5 Å². The third-order valence-corrected chi connectivity index (χ3v) is 4.34. The van der Waals surface area contributed by atoms with Gasteiger partial charge in [-0.05, 0) is 37.8 Å². The Kier molecular flexibility index (Phi) is 3.97. The highest BCUT2D eigenvalue weighted by atomic mass is 16.6. The molecule has 0 aliphatic carbocycles. The number of phenolic OH excluding ortho intramolecular Hbond substituents is 2. The van der Waals surface area contributed by atoms with Crippen molar-refractivity contribution in [2.75, 3.05) is 0 Å². The highest BCUT2D eigenvalue weighted by Crippen LogP contribution is 2.34. The van der Waals surface area contributed by atoms with E-state index in [1.54, 1.807) is 0 Å². The predicted octanol–water partition coefficient (Wildman–Crippen LogP) is 1.50. The van der Waals surface area contributed by atoms with Crippen LogP contribution in [0.5, 0.6) is 11.5 Å².